The zero-order chi connectivity index (χ0) is 40.9. The molecule has 55 heavy (non-hydrogen) atoms. The molecular formula is C41H46N2O12. The van der Waals surface area contributed by atoms with Gasteiger partial charge in [-0.25, -0.2) is 19.6 Å². The lowest BCUT2D eigenvalue weighted by Gasteiger charge is -2.31. The van der Waals surface area contributed by atoms with E-state index in [2.05, 4.69) is 9.97 Å². The van der Waals surface area contributed by atoms with Gasteiger partial charge >= 0.3 is 23.9 Å². The van der Waals surface area contributed by atoms with E-state index < -0.39 is 58.5 Å². The highest BCUT2D eigenvalue weighted by atomic mass is 16.6. The van der Waals surface area contributed by atoms with Crippen LogP contribution in [0.4, 0.5) is 0 Å². The van der Waals surface area contributed by atoms with Crippen molar-refractivity contribution in [2.24, 2.45) is 10.8 Å². The summed E-state index contributed by atoms with van der Waals surface area (Å²) in [4.78, 5) is 85.8. The Kier molecular flexibility index (Phi) is 18.4. The van der Waals surface area contributed by atoms with E-state index in [1.54, 1.807) is 68.5 Å². The lowest BCUT2D eigenvalue weighted by Crippen LogP contribution is -2.48. The Morgan fingerprint density at radius 1 is 0.673 bits per heavy atom. The molecule has 0 bridgehead atoms. The predicted molar refractivity (Wildman–Crippen MR) is 201 cm³/mol. The summed E-state index contributed by atoms with van der Waals surface area (Å²) in [5.41, 5.74) is -4.09. The van der Waals surface area contributed by atoms with Crippen molar-refractivity contribution in [3.8, 4) is 0 Å². The normalized spacial score (nSPS) is 15.7. The fourth-order valence-corrected chi connectivity index (χ4v) is 4.88. The van der Waals surface area contributed by atoms with Crippen molar-refractivity contribution >= 4 is 41.5 Å². The van der Waals surface area contributed by atoms with Gasteiger partial charge in [0.1, 0.15) is 24.7 Å². The Morgan fingerprint density at radius 3 is 1.62 bits per heavy atom. The van der Waals surface area contributed by atoms with Gasteiger partial charge in [-0.3, -0.25) is 19.2 Å². The lowest BCUT2D eigenvalue weighted by molar-refractivity contribution is -0.164. The second kappa shape index (κ2) is 22.6. The van der Waals surface area contributed by atoms with Gasteiger partial charge < -0.3 is 27.8 Å². The number of oxazole rings is 2. The van der Waals surface area contributed by atoms with Gasteiger partial charge in [0.2, 0.25) is 5.89 Å². The Bertz CT molecular complexity index is 1870. The Morgan fingerprint density at radius 2 is 1.16 bits per heavy atom. The van der Waals surface area contributed by atoms with Gasteiger partial charge in [-0.1, -0.05) is 79.0 Å². The molecule has 2 aromatic heterocycles. The summed E-state index contributed by atoms with van der Waals surface area (Å²) in [6, 6.07) is 0. The average Bonchev–Trinajstić information content (AvgIpc) is 3.90. The highest BCUT2D eigenvalue weighted by Crippen LogP contribution is 2.33. The molecule has 2 rings (SSSR count). The number of aromatic nitrogens is 2. The molecule has 0 radical (unpaired) electrons. The van der Waals surface area contributed by atoms with E-state index >= 15 is 0 Å². The highest BCUT2D eigenvalue weighted by Gasteiger charge is 2.51. The molecule has 0 spiro atoms. The smallest absolute Gasteiger partial charge is 0.360 e. The van der Waals surface area contributed by atoms with Crippen LogP contribution in [0.15, 0.2) is 119 Å². The van der Waals surface area contributed by atoms with Crippen LogP contribution in [0.1, 0.15) is 74.3 Å². The third-order valence-corrected chi connectivity index (χ3v) is 8.11. The number of hydrogen-bond acceptors (Lipinski definition) is 14. The first-order chi connectivity index (χ1) is 26.3. The van der Waals surface area contributed by atoms with Crippen molar-refractivity contribution in [2.45, 2.75) is 59.7 Å². The lowest BCUT2D eigenvalue weighted by atomic mass is 9.78. The van der Waals surface area contributed by atoms with Crippen LogP contribution in [0, 0.1) is 10.8 Å². The highest BCUT2D eigenvalue weighted by molar-refractivity contribution is 6.10. The predicted octanol–water partition coefficient (Wildman–Crippen LogP) is 6.66. The molecule has 292 valence electrons. The van der Waals surface area contributed by atoms with E-state index in [1.807, 2.05) is 19.1 Å². The molecule has 0 N–H and O–H groups in total. The van der Waals surface area contributed by atoms with E-state index in [0.717, 1.165) is 33.1 Å². The van der Waals surface area contributed by atoms with Crippen LogP contribution in [-0.4, -0.2) is 71.8 Å². The third-order valence-electron chi connectivity index (χ3n) is 8.11. The van der Waals surface area contributed by atoms with Crippen molar-refractivity contribution in [2.75, 3.05) is 14.2 Å². The summed E-state index contributed by atoms with van der Waals surface area (Å²) in [5, 5.41) is 0. The maximum Gasteiger partial charge on any atom is 0.360 e. The zero-order valence-corrected chi connectivity index (χ0v) is 31.8. The van der Waals surface area contributed by atoms with Crippen molar-refractivity contribution in [3.05, 3.63) is 127 Å². The van der Waals surface area contributed by atoms with Crippen molar-refractivity contribution in [1.82, 2.24) is 9.97 Å². The standard InChI is InChI=1S/C41H46N2O12/c1-8-11-12-13-15-18-24-34(41(5,39(49)51-7)32(45)22-10-3)55-37(47)30-27-53-35(43-30)25-20-17-14-16-19-23-33(54-36(46)29-26-52-28-42-29)40(4,38(48)50-6)31(44)21-9-2/h8-22,25-28,33-34H,23-24H2,1-7H3. The van der Waals surface area contributed by atoms with Crippen molar-refractivity contribution in [3.63, 3.8) is 0 Å². The molecular weight excluding hydrogens is 712 g/mol. The number of esters is 4. The minimum atomic E-state index is -1.88. The van der Waals surface area contributed by atoms with Gasteiger partial charge in [-0.05, 0) is 46.8 Å². The van der Waals surface area contributed by atoms with E-state index in [4.69, 9.17) is 27.8 Å². The van der Waals surface area contributed by atoms with Crippen LogP contribution < -0.4 is 0 Å². The molecule has 2 aromatic rings. The molecule has 0 saturated carbocycles. The van der Waals surface area contributed by atoms with Crippen LogP contribution in [0.5, 0.6) is 0 Å². The quantitative estimate of drug-likeness (QED) is 0.0432. The van der Waals surface area contributed by atoms with Crippen LogP contribution in [0.3, 0.4) is 0 Å². The van der Waals surface area contributed by atoms with Crippen LogP contribution in [-0.2, 0) is 38.1 Å². The molecule has 0 amide bonds. The molecule has 0 aliphatic heterocycles. The molecule has 0 fully saturated rings. The molecule has 0 aliphatic carbocycles. The number of hydrogen-bond donors (Lipinski definition) is 0. The molecule has 14 heteroatoms. The van der Waals surface area contributed by atoms with Gasteiger partial charge in [0.15, 0.2) is 40.2 Å². The van der Waals surface area contributed by atoms with Crippen molar-refractivity contribution < 1.29 is 56.5 Å². The Labute approximate surface area is 319 Å². The van der Waals surface area contributed by atoms with E-state index in [0.29, 0.717) is 0 Å². The van der Waals surface area contributed by atoms with Crippen LogP contribution >= 0.6 is 0 Å². The minimum Gasteiger partial charge on any atom is -0.468 e. The van der Waals surface area contributed by atoms with Gasteiger partial charge in [-0.2, -0.15) is 0 Å². The third kappa shape index (κ3) is 12.3. The number of ketones is 2. The number of rotatable bonds is 21. The first-order valence-electron chi connectivity index (χ1n) is 17.1. The molecule has 4 atom stereocenters. The van der Waals surface area contributed by atoms with Crippen LogP contribution in [0.25, 0.3) is 6.08 Å². The molecule has 14 nitrogen and oxygen atoms in total. The van der Waals surface area contributed by atoms with Gasteiger partial charge in [0.05, 0.1) is 14.2 Å². The molecule has 0 saturated heterocycles. The first kappa shape index (κ1) is 44.7. The molecule has 4 unspecified atom stereocenters. The summed E-state index contributed by atoms with van der Waals surface area (Å²) in [7, 11) is 2.27. The zero-order valence-electron chi connectivity index (χ0n) is 31.8. The largest absolute Gasteiger partial charge is 0.468 e. The minimum absolute atomic E-state index is 0.00252. The number of methoxy groups -OCH3 is 2. The fraction of sp³-hybridized carbons (Fsp3) is 0.317. The first-order valence-corrected chi connectivity index (χ1v) is 17.1. The maximum atomic E-state index is 13.2. The van der Waals surface area contributed by atoms with E-state index in [-0.39, 0.29) is 30.1 Å². The average molecular weight is 759 g/mol. The van der Waals surface area contributed by atoms with E-state index in [1.165, 1.54) is 44.2 Å². The van der Waals surface area contributed by atoms with Crippen molar-refractivity contribution in [1.29, 1.82) is 0 Å². The number of carbonyl (C=O) groups is 6. The molecule has 0 aliphatic rings. The number of allylic oxidation sites excluding steroid dienone is 13. The SMILES string of the molecule is CC=CC=CC=CCC(OC(=O)c1coc(C=CC=CC=CCC(OC(=O)c2cocn2)C(C)(C(=O)C=CC)C(=O)OC)n1)C(C)(C(=O)C=CC)C(=O)OC. The second-order valence-electron chi connectivity index (χ2n) is 11.8. The van der Waals surface area contributed by atoms with Gasteiger partial charge in [0.25, 0.3) is 0 Å². The summed E-state index contributed by atoms with van der Waals surface area (Å²) in [6.45, 7) is 7.78. The second-order valence-corrected chi connectivity index (χ2v) is 11.8. The molecule has 2 heterocycles. The number of carbonyl (C=O) groups excluding carboxylic acids is 6. The number of ether oxygens (including phenoxy) is 4. The van der Waals surface area contributed by atoms with Gasteiger partial charge in [0, 0.05) is 18.9 Å². The summed E-state index contributed by atoms with van der Waals surface area (Å²) >= 11 is 0. The Hall–Kier alpha value is -6.44. The van der Waals surface area contributed by atoms with Gasteiger partial charge in [-0.15, -0.1) is 0 Å². The Balaban J connectivity index is 2.24. The van der Waals surface area contributed by atoms with E-state index in [9.17, 15) is 28.8 Å². The maximum absolute atomic E-state index is 13.2. The summed E-state index contributed by atoms with van der Waals surface area (Å²) in [5.74, 6) is -4.79. The fourth-order valence-electron chi connectivity index (χ4n) is 4.88. The topological polar surface area (TPSA) is 191 Å². The number of nitrogens with zero attached hydrogens (tertiary/aromatic N) is 2. The summed E-state index contributed by atoms with van der Waals surface area (Å²) < 4.78 is 31.3. The monoisotopic (exact) mass is 758 g/mol. The summed E-state index contributed by atoms with van der Waals surface area (Å²) in [6.07, 6.45) is 25.9. The molecule has 0 aromatic carbocycles. The van der Waals surface area contributed by atoms with Crippen LogP contribution in [0.2, 0.25) is 0 Å².